The maximum atomic E-state index is 10.8. The second-order valence-electron chi connectivity index (χ2n) is 5.20. The van der Waals surface area contributed by atoms with Crippen molar-refractivity contribution < 1.29 is 23.4 Å². The molecule has 2 bridgehead atoms. The fraction of sp³-hybridized carbons (Fsp3) is 1.00. The number of phosphoric ester groups is 1. The summed E-state index contributed by atoms with van der Waals surface area (Å²) in [4.78, 5) is 17.6. The van der Waals surface area contributed by atoms with Crippen LogP contribution in [0.5, 0.6) is 0 Å². The van der Waals surface area contributed by atoms with Crippen LogP contribution in [0.25, 0.3) is 0 Å². The summed E-state index contributed by atoms with van der Waals surface area (Å²) in [6.45, 7) is 0. The summed E-state index contributed by atoms with van der Waals surface area (Å²) in [5, 5.41) is 0. The Morgan fingerprint density at radius 3 is 2.07 bits per heavy atom. The SMILES string of the molecule is C[N+]1(C)C2CCC1CC(OP(=O)(O)O)C2. The van der Waals surface area contributed by atoms with Gasteiger partial charge in [0.15, 0.2) is 0 Å². The molecule has 15 heavy (non-hydrogen) atoms. The molecule has 6 heteroatoms. The van der Waals surface area contributed by atoms with Crippen LogP contribution in [0.4, 0.5) is 0 Å². The molecule has 0 aromatic heterocycles. The number of quaternary nitrogens is 1. The van der Waals surface area contributed by atoms with Crippen molar-refractivity contribution in [3.8, 4) is 0 Å². The third-order valence-corrected chi connectivity index (χ3v) is 4.64. The Morgan fingerprint density at radius 1 is 1.20 bits per heavy atom. The van der Waals surface area contributed by atoms with Crippen molar-refractivity contribution in [3.05, 3.63) is 0 Å². The monoisotopic (exact) mass is 236 g/mol. The van der Waals surface area contributed by atoms with Gasteiger partial charge < -0.3 is 14.3 Å². The van der Waals surface area contributed by atoms with Crippen LogP contribution in [0.2, 0.25) is 0 Å². The van der Waals surface area contributed by atoms with E-state index in [2.05, 4.69) is 14.1 Å². The van der Waals surface area contributed by atoms with Crippen LogP contribution >= 0.6 is 7.82 Å². The van der Waals surface area contributed by atoms with Gasteiger partial charge in [-0.15, -0.1) is 0 Å². The second kappa shape index (κ2) is 3.54. The molecule has 0 radical (unpaired) electrons. The molecule has 0 spiro atoms. The first-order valence-electron chi connectivity index (χ1n) is 5.36. The van der Waals surface area contributed by atoms with E-state index >= 15 is 0 Å². The molecular formula is C9H19NO4P+. The third-order valence-electron chi connectivity index (χ3n) is 4.07. The summed E-state index contributed by atoms with van der Waals surface area (Å²) < 4.78 is 16.6. The van der Waals surface area contributed by atoms with Gasteiger partial charge in [0.25, 0.3) is 0 Å². The number of fused-ring (bicyclic) bond motifs is 2. The molecule has 5 nitrogen and oxygen atoms in total. The molecule has 2 aliphatic rings. The standard InChI is InChI=1S/C9H18NO4P/c1-10(2)7-3-4-8(10)6-9(5-7)14-15(11,12)13/h7-9H,3-6H2,1-2H3,(H-,11,12,13)/p+1. The lowest BCUT2D eigenvalue weighted by atomic mass is 9.98. The maximum Gasteiger partial charge on any atom is 0.469 e. The Hall–Kier alpha value is 0.0700. The Bertz CT molecular complexity index is 284. The lowest BCUT2D eigenvalue weighted by Gasteiger charge is -2.43. The molecule has 0 aromatic rings. The summed E-state index contributed by atoms with van der Waals surface area (Å²) in [5.74, 6) is 0. The Labute approximate surface area is 89.9 Å². The van der Waals surface area contributed by atoms with E-state index < -0.39 is 7.82 Å². The van der Waals surface area contributed by atoms with Gasteiger partial charge in [-0.1, -0.05) is 0 Å². The van der Waals surface area contributed by atoms with Gasteiger partial charge in [-0.05, 0) is 0 Å². The molecule has 2 unspecified atom stereocenters. The smallest absolute Gasteiger partial charge is 0.323 e. The predicted molar refractivity (Wildman–Crippen MR) is 55.1 cm³/mol. The highest BCUT2D eigenvalue weighted by Gasteiger charge is 2.50. The third kappa shape index (κ3) is 2.27. The van der Waals surface area contributed by atoms with E-state index in [1.807, 2.05) is 0 Å². The summed E-state index contributed by atoms with van der Waals surface area (Å²) >= 11 is 0. The summed E-state index contributed by atoms with van der Waals surface area (Å²) in [7, 11) is 0.101. The van der Waals surface area contributed by atoms with Crippen molar-refractivity contribution in [2.24, 2.45) is 0 Å². The van der Waals surface area contributed by atoms with Gasteiger partial charge in [-0.2, -0.15) is 0 Å². The van der Waals surface area contributed by atoms with Crippen molar-refractivity contribution in [3.63, 3.8) is 0 Å². The summed E-state index contributed by atoms with van der Waals surface area (Å²) in [6, 6.07) is 1.00. The quantitative estimate of drug-likeness (QED) is 0.551. The number of piperidine rings is 1. The Morgan fingerprint density at radius 2 is 1.67 bits per heavy atom. The highest BCUT2D eigenvalue weighted by atomic mass is 31.2. The molecular weight excluding hydrogens is 217 g/mol. The molecule has 2 saturated heterocycles. The van der Waals surface area contributed by atoms with Crippen molar-refractivity contribution in [2.45, 2.75) is 43.9 Å². The maximum absolute atomic E-state index is 10.8. The first kappa shape index (κ1) is 11.6. The fourth-order valence-electron chi connectivity index (χ4n) is 3.11. The van der Waals surface area contributed by atoms with Crippen molar-refractivity contribution in [1.29, 1.82) is 0 Å². The van der Waals surface area contributed by atoms with E-state index in [1.54, 1.807) is 0 Å². The van der Waals surface area contributed by atoms with Gasteiger partial charge in [0.1, 0.15) is 0 Å². The van der Waals surface area contributed by atoms with E-state index in [0.717, 1.165) is 30.2 Å². The van der Waals surface area contributed by atoms with Gasteiger partial charge >= 0.3 is 7.82 Å². The first-order valence-corrected chi connectivity index (χ1v) is 6.89. The molecule has 2 aliphatic heterocycles. The highest BCUT2D eigenvalue weighted by Crippen LogP contribution is 2.46. The first-order chi connectivity index (χ1) is 6.79. The average molecular weight is 236 g/mol. The Balaban J connectivity index is 2.03. The summed E-state index contributed by atoms with van der Waals surface area (Å²) in [5.41, 5.74) is 0. The topological polar surface area (TPSA) is 66.8 Å². The normalized spacial score (nSPS) is 39.3. The van der Waals surface area contributed by atoms with Crippen LogP contribution in [-0.2, 0) is 9.09 Å². The number of rotatable bonds is 2. The molecule has 2 N–H and O–H groups in total. The lowest BCUT2D eigenvalue weighted by Crippen LogP contribution is -2.55. The van der Waals surface area contributed by atoms with E-state index in [0.29, 0.717) is 12.1 Å². The fourth-order valence-corrected chi connectivity index (χ4v) is 3.67. The van der Waals surface area contributed by atoms with Crippen LogP contribution in [0.3, 0.4) is 0 Å². The average Bonchev–Trinajstić information content (AvgIpc) is 2.29. The highest BCUT2D eigenvalue weighted by molar-refractivity contribution is 7.46. The lowest BCUT2D eigenvalue weighted by molar-refractivity contribution is -0.931. The van der Waals surface area contributed by atoms with E-state index in [1.165, 1.54) is 0 Å². The van der Waals surface area contributed by atoms with E-state index in [9.17, 15) is 4.57 Å². The molecule has 2 heterocycles. The summed E-state index contributed by atoms with van der Waals surface area (Å²) in [6.07, 6.45) is 3.59. The van der Waals surface area contributed by atoms with Gasteiger partial charge in [-0.25, -0.2) is 4.57 Å². The van der Waals surface area contributed by atoms with Crippen LogP contribution < -0.4 is 0 Å². The van der Waals surface area contributed by atoms with Gasteiger partial charge in [0, 0.05) is 25.7 Å². The second-order valence-corrected chi connectivity index (χ2v) is 6.40. The van der Waals surface area contributed by atoms with Crippen LogP contribution in [0, 0.1) is 0 Å². The van der Waals surface area contributed by atoms with Crippen molar-refractivity contribution in [2.75, 3.05) is 14.1 Å². The molecule has 2 fully saturated rings. The number of phosphoric acid groups is 1. The van der Waals surface area contributed by atoms with Crippen LogP contribution in [0.1, 0.15) is 25.7 Å². The molecule has 0 aromatic carbocycles. The van der Waals surface area contributed by atoms with Gasteiger partial charge in [0.2, 0.25) is 0 Å². The van der Waals surface area contributed by atoms with E-state index in [-0.39, 0.29) is 6.10 Å². The molecule has 88 valence electrons. The largest absolute Gasteiger partial charge is 0.469 e. The number of hydrogen-bond acceptors (Lipinski definition) is 2. The van der Waals surface area contributed by atoms with E-state index in [4.69, 9.17) is 14.3 Å². The number of nitrogens with zero attached hydrogens (tertiary/aromatic N) is 1. The minimum Gasteiger partial charge on any atom is -0.323 e. The van der Waals surface area contributed by atoms with Gasteiger partial charge in [-0.3, -0.25) is 4.52 Å². The van der Waals surface area contributed by atoms with Crippen molar-refractivity contribution in [1.82, 2.24) is 0 Å². The molecule has 0 aliphatic carbocycles. The number of hydrogen-bond donors (Lipinski definition) is 2. The van der Waals surface area contributed by atoms with Gasteiger partial charge in [0.05, 0.1) is 32.3 Å². The zero-order valence-corrected chi connectivity index (χ0v) is 10.1. The molecule has 0 saturated carbocycles. The molecule has 2 atom stereocenters. The zero-order valence-electron chi connectivity index (χ0n) is 9.17. The van der Waals surface area contributed by atoms with Crippen LogP contribution in [-0.4, -0.2) is 46.6 Å². The zero-order chi connectivity index (χ0) is 11.3. The van der Waals surface area contributed by atoms with Crippen molar-refractivity contribution >= 4 is 7.82 Å². The molecule has 0 amide bonds. The predicted octanol–water partition coefficient (Wildman–Crippen LogP) is 0.865. The molecule has 2 rings (SSSR count). The minimum atomic E-state index is -4.31. The van der Waals surface area contributed by atoms with Crippen LogP contribution in [0.15, 0.2) is 0 Å². The minimum absolute atomic E-state index is 0.255. The Kier molecular flexibility index (Phi) is 2.72.